The van der Waals surface area contributed by atoms with Crippen molar-refractivity contribution in [2.45, 2.75) is 6.04 Å². The molecule has 17 heavy (non-hydrogen) atoms. The molecule has 0 aliphatic carbocycles. The van der Waals surface area contributed by atoms with E-state index >= 15 is 0 Å². The van der Waals surface area contributed by atoms with E-state index in [1.54, 1.807) is 0 Å². The van der Waals surface area contributed by atoms with Crippen LogP contribution < -0.4 is 0 Å². The molecule has 0 radical (unpaired) electrons. The summed E-state index contributed by atoms with van der Waals surface area (Å²) in [5.74, 6) is 3.26. The number of ether oxygens (including phenoxy) is 1. The highest BCUT2D eigenvalue weighted by molar-refractivity contribution is 6.07. The molecule has 0 unspecified atom stereocenters. The first-order chi connectivity index (χ1) is 8.38. The van der Waals surface area contributed by atoms with Crippen LogP contribution >= 0.6 is 0 Å². The molecule has 0 saturated heterocycles. The van der Waals surface area contributed by atoms with Crippen LogP contribution in [0.2, 0.25) is 0 Å². The molecule has 1 atom stereocenters. The quantitative estimate of drug-likeness (QED) is 0.678. The van der Waals surface area contributed by atoms with Gasteiger partial charge in [0.2, 0.25) is 5.90 Å². The number of rotatable bonds is 1. The van der Waals surface area contributed by atoms with Crippen molar-refractivity contribution in [1.82, 2.24) is 0 Å². The molecule has 0 fully saturated rings. The zero-order valence-corrected chi connectivity index (χ0v) is 9.26. The van der Waals surface area contributed by atoms with Gasteiger partial charge < -0.3 is 4.74 Å². The minimum absolute atomic E-state index is 0.149. The zero-order chi connectivity index (χ0) is 11.7. The summed E-state index contributed by atoms with van der Waals surface area (Å²) < 4.78 is 5.56. The lowest BCUT2D eigenvalue weighted by Gasteiger charge is -2.05. The topological polar surface area (TPSA) is 21.6 Å². The monoisotopic (exact) mass is 221 g/mol. The van der Waals surface area contributed by atoms with Crippen LogP contribution in [0.5, 0.6) is 0 Å². The van der Waals surface area contributed by atoms with Crippen molar-refractivity contribution in [2.75, 3.05) is 6.61 Å². The van der Waals surface area contributed by atoms with E-state index in [1.165, 1.54) is 5.39 Å². The molecular weight excluding hydrogens is 210 g/mol. The third kappa shape index (κ3) is 1.66. The van der Waals surface area contributed by atoms with Gasteiger partial charge in [-0.2, -0.15) is 0 Å². The number of terminal acetylenes is 1. The Bertz CT molecular complexity index is 631. The van der Waals surface area contributed by atoms with Gasteiger partial charge >= 0.3 is 0 Å². The molecule has 82 valence electrons. The predicted molar refractivity (Wildman–Crippen MR) is 69.1 cm³/mol. The second-order valence-electron chi connectivity index (χ2n) is 3.95. The van der Waals surface area contributed by atoms with Gasteiger partial charge in [-0.25, -0.2) is 4.99 Å². The van der Waals surface area contributed by atoms with Crippen LogP contribution in [0, 0.1) is 12.3 Å². The highest BCUT2D eigenvalue weighted by atomic mass is 16.5. The Kier molecular flexibility index (Phi) is 2.31. The van der Waals surface area contributed by atoms with E-state index in [-0.39, 0.29) is 6.04 Å². The highest BCUT2D eigenvalue weighted by Gasteiger charge is 2.19. The van der Waals surface area contributed by atoms with Gasteiger partial charge in [-0.05, 0) is 16.8 Å². The third-order valence-electron chi connectivity index (χ3n) is 2.86. The number of hydrogen-bond acceptors (Lipinski definition) is 2. The fourth-order valence-electron chi connectivity index (χ4n) is 2.02. The van der Waals surface area contributed by atoms with Crippen molar-refractivity contribution < 1.29 is 4.74 Å². The number of nitrogens with zero attached hydrogens (tertiary/aromatic N) is 1. The van der Waals surface area contributed by atoms with E-state index in [9.17, 15) is 0 Å². The molecule has 2 heteroatoms. The van der Waals surface area contributed by atoms with E-state index in [0.29, 0.717) is 12.5 Å². The van der Waals surface area contributed by atoms with Crippen LogP contribution in [0.1, 0.15) is 5.56 Å². The Morgan fingerprint density at radius 2 is 2.00 bits per heavy atom. The van der Waals surface area contributed by atoms with E-state index in [0.717, 1.165) is 10.9 Å². The van der Waals surface area contributed by atoms with Crippen LogP contribution in [0.25, 0.3) is 10.8 Å². The average Bonchev–Trinajstić information content (AvgIpc) is 2.87. The molecule has 0 aromatic heterocycles. The summed E-state index contributed by atoms with van der Waals surface area (Å²) in [6.07, 6.45) is 5.35. The SMILES string of the molecule is C#C[C@@H]1COC(c2cccc3ccccc23)=N1. The minimum Gasteiger partial charge on any atom is -0.474 e. The largest absolute Gasteiger partial charge is 0.474 e. The average molecular weight is 221 g/mol. The second kappa shape index (κ2) is 3.95. The lowest BCUT2D eigenvalue weighted by atomic mass is 10.0. The van der Waals surface area contributed by atoms with Crippen LogP contribution in [0.4, 0.5) is 0 Å². The second-order valence-corrected chi connectivity index (χ2v) is 3.95. The maximum absolute atomic E-state index is 5.56. The molecule has 3 rings (SSSR count). The summed E-state index contributed by atoms with van der Waals surface area (Å²) in [6.45, 7) is 0.481. The van der Waals surface area contributed by atoms with E-state index < -0.39 is 0 Å². The maximum atomic E-state index is 5.56. The van der Waals surface area contributed by atoms with Gasteiger partial charge in [-0.15, -0.1) is 6.42 Å². The van der Waals surface area contributed by atoms with Crippen molar-refractivity contribution in [1.29, 1.82) is 0 Å². The van der Waals surface area contributed by atoms with E-state index in [4.69, 9.17) is 11.2 Å². The van der Waals surface area contributed by atoms with Gasteiger partial charge in [-0.3, -0.25) is 0 Å². The summed E-state index contributed by atoms with van der Waals surface area (Å²) in [7, 11) is 0. The fraction of sp³-hybridized carbons (Fsp3) is 0.133. The molecule has 0 spiro atoms. The van der Waals surface area contributed by atoms with Crippen LogP contribution in [-0.2, 0) is 4.74 Å². The number of hydrogen-bond donors (Lipinski definition) is 0. The Hall–Kier alpha value is -2.27. The molecule has 2 aromatic rings. The lowest BCUT2D eigenvalue weighted by Crippen LogP contribution is -2.03. The Labute approximate surface area is 99.9 Å². The van der Waals surface area contributed by atoms with E-state index in [1.807, 2.05) is 24.3 Å². The van der Waals surface area contributed by atoms with Gasteiger partial charge in [0.25, 0.3) is 0 Å². The first-order valence-corrected chi connectivity index (χ1v) is 5.53. The summed E-state index contributed by atoms with van der Waals surface area (Å²) in [5, 5.41) is 2.33. The molecule has 0 amide bonds. The molecule has 2 nitrogen and oxygen atoms in total. The van der Waals surface area contributed by atoms with Crippen molar-refractivity contribution in [3.05, 3.63) is 48.0 Å². The van der Waals surface area contributed by atoms with Crippen molar-refractivity contribution in [2.24, 2.45) is 4.99 Å². The summed E-state index contributed by atoms with van der Waals surface area (Å²) >= 11 is 0. The van der Waals surface area contributed by atoms with Crippen molar-refractivity contribution in [3.63, 3.8) is 0 Å². The molecule has 0 saturated carbocycles. The number of aliphatic imine (C=N–C) groups is 1. The van der Waals surface area contributed by atoms with Crippen LogP contribution in [-0.4, -0.2) is 18.5 Å². The van der Waals surface area contributed by atoms with Crippen LogP contribution in [0.15, 0.2) is 47.5 Å². The number of fused-ring (bicyclic) bond motifs is 1. The summed E-state index contributed by atoms with van der Waals surface area (Å²) in [6, 6.07) is 14.1. The first kappa shape index (κ1) is 9.92. The molecule has 1 aliphatic heterocycles. The van der Waals surface area contributed by atoms with Gasteiger partial charge in [0.15, 0.2) is 0 Å². The zero-order valence-electron chi connectivity index (χ0n) is 9.26. The Morgan fingerprint density at radius 3 is 2.82 bits per heavy atom. The fourth-order valence-corrected chi connectivity index (χ4v) is 2.02. The smallest absolute Gasteiger partial charge is 0.218 e. The molecule has 2 aromatic carbocycles. The molecule has 1 heterocycles. The van der Waals surface area contributed by atoms with Gasteiger partial charge in [-0.1, -0.05) is 42.3 Å². The van der Waals surface area contributed by atoms with Gasteiger partial charge in [0, 0.05) is 5.56 Å². The van der Waals surface area contributed by atoms with Gasteiger partial charge in [0.1, 0.15) is 12.6 Å². The van der Waals surface area contributed by atoms with Gasteiger partial charge in [0.05, 0.1) is 0 Å². The summed E-state index contributed by atoms with van der Waals surface area (Å²) in [5.41, 5.74) is 1.01. The standard InChI is InChI=1S/C15H11NO/c1-2-12-10-17-15(16-12)14-9-5-7-11-6-3-4-8-13(11)14/h1,3-9,12H,10H2/t12-/m1/s1. The third-order valence-corrected chi connectivity index (χ3v) is 2.86. The normalized spacial score (nSPS) is 18.5. The number of benzene rings is 2. The lowest BCUT2D eigenvalue weighted by molar-refractivity contribution is 0.335. The summed E-state index contributed by atoms with van der Waals surface area (Å²) in [4.78, 5) is 4.39. The highest BCUT2D eigenvalue weighted by Crippen LogP contribution is 2.21. The molecular formula is C15H11NO. The minimum atomic E-state index is -0.149. The van der Waals surface area contributed by atoms with E-state index in [2.05, 4.69) is 29.1 Å². The van der Waals surface area contributed by atoms with Crippen molar-refractivity contribution >= 4 is 16.7 Å². The first-order valence-electron chi connectivity index (χ1n) is 5.53. The predicted octanol–water partition coefficient (Wildman–Crippen LogP) is 2.62. The molecule has 1 aliphatic rings. The Morgan fingerprint density at radius 1 is 1.18 bits per heavy atom. The Balaban J connectivity index is 2.16. The maximum Gasteiger partial charge on any atom is 0.218 e. The molecule has 0 N–H and O–H groups in total. The molecule has 0 bridgehead atoms. The van der Waals surface area contributed by atoms with Crippen molar-refractivity contribution in [3.8, 4) is 12.3 Å². The van der Waals surface area contributed by atoms with Crippen LogP contribution in [0.3, 0.4) is 0 Å².